The van der Waals surface area contributed by atoms with E-state index in [1.54, 1.807) is 7.11 Å². The lowest BCUT2D eigenvalue weighted by Crippen LogP contribution is -2.36. The molecule has 1 unspecified atom stereocenters. The number of halogens is 1. The zero-order valence-electron chi connectivity index (χ0n) is 11.7. The maximum Gasteiger partial charge on any atom is 0.137 e. The third-order valence-corrected chi connectivity index (χ3v) is 3.98. The summed E-state index contributed by atoms with van der Waals surface area (Å²) in [6.45, 7) is 3.93. The van der Waals surface area contributed by atoms with Gasteiger partial charge in [-0.2, -0.15) is 0 Å². The maximum atomic E-state index is 6.22. The Kier molecular flexibility index (Phi) is 5.08. The average Bonchev–Trinajstić information content (AvgIpc) is 3.23. The molecule has 0 bridgehead atoms. The van der Waals surface area contributed by atoms with E-state index < -0.39 is 0 Å². The molecule has 1 fully saturated rings. The molecule has 1 aromatic carbocycles. The second-order valence-electron chi connectivity index (χ2n) is 5.11. The fourth-order valence-electron chi connectivity index (χ4n) is 2.61. The van der Waals surface area contributed by atoms with Crippen LogP contribution < -0.4 is 10.5 Å². The van der Waals surface area contributed by atoms with E-state index in [-0.39, 0.29) is 6.04 Å². The van der Waals surface area contributed by atoms with Gasteiger partial charge in [-0.25, -0.2) is 0 Å². The fraction of sp³-hybridized carbons (Fsp3) is 0.600. The smallest absolute Gasteiger partial charge is 0.137 e. The van der Waals surface area contributed by atoms with Crippen LogP contribution in [0.25, 0.3) is 0 Å². The van der Waals surface area contributed by atoms with Gasteiger partial charge in [0.15, 0.2) is 0 Å². The highest BCUT2D eigenvalue weighted by Crippen LogP contribution is 2.36. The van der Waals surface area contributed by atoms with Crippen molar-refractivity contribution in [1.29, 1.82) is 0 Å². The second kappa shape index (κ2) is 6.60. The highest BCUT2D eigenvalue weighted by molar-refractivity contribution is 6.32. The summed E-state index contributed by atoms with van der Waals surface area (Å²) in [6.07, 6.45) is 3.73. The summed E-state index contributed by atoms with van der Waals surface area (Å²) in [6, 6.07) is 6.96. The van der Waals surface area contributed by atoms with Gasteiger partial charge in [0.1, 0.15) is 5.75 Å². The minimum Gasteiger partial charge on any atom is -0.495 e. The van der Waals surface area contributed by atoms with Crippen LogP contribution in [-0.2, 0) is 0 Å². The number of hydrogen-bond donors (Lipinski definition) is 1. The first-order valence-corrected chi connectivity index (χ1v) is 7.38. The van der Waals surface area contributed by atoms with Crippen LogP contribution in [0.15, 0.2) is 18.2 Å². The van der Waals surface area contributed by atoms with Gasteiger partial charge in [0, 0.05) is 18.6 Å². The van der Waals surface area contributed by atoms with Gasteiger partial charge in [-0.05, 0) is 43.5 Å². The van der Waals surface area contributed by atoms with Gasteiger partial charge >= 0.3 is 0 Å². The standard InChI is InChI=1S/C15H23ClN2O/c1-3-8-18(12-5-6-12)14(10-17)11-4-7-15(19-2)13(16)9-11/h4,7,9,12,14H,3,5-6,8,10,17H2,1-2H3. The lowest BCUT2D eigenvalue weighted by atomic mass is 10.0. The van der Waals surface area contributed by atoms with Crippen LogP contribution in [0.2, 0.25) is 5.02 Å². The topological polar surface area (TPSA) is 38.5 Å². The Labute approximate surface area is 120 Å². The van der Waals surface area contributed by atoms with E-state index >= 15 is 0 Å². The van der Waals surface area contributed by atoms with Crippen LogP contribution in [0.3, 0.4) is 0 Å². The summed E-state index contributed by atoms with van der Waals surface area (Å²) in [5, 5.41) is 0.658. The molecule has 0 heterocycles. The largest absolute Gasteiger partial charge is 0.495 e. The molecule has 0 saturated heterocycles. The Hall–Kier alpha value is -0.770. The van der Waals surface area contributed by atoms with Crippen LogP contribution in [0.4, 0.5) is 0 Å². The Morgan fingerprint density at radius 1 is 1.47 bits per heavy atom. The van der Waals surface area contributed by atoms with Crippen molar-refractivity contribution in [2.24, 2.45) is 5.73 Å². The third-order valence-electron chi connectivity index (χ3n) is 3.68. The van der Waals surface area contributed by atoms with E-state index in [2.05, 4.69) is 17.9 Å². The molecule has 3 nitrogen and oxygen atoms in total. The van der Waals surface area contributed by atoms with E-state index in [4.69, 9.17) is 22.1 Å². The molecule has 0 aromatic heterocycles. The molecule has 0 radical (unpaired) electrons. The van der Waals surface area contributed by atoms with Crippen LogP contribution in [0.5, 0.6) is 5.75 Å². The van der Waals surface area contributed by atoms with E-state index in [0.29, 0.717) is 17.6 Å². The van der Waals surface area contributed by atoms with Crippen molar-refractivity contribution in [2.45, 2.75) is 38.3 Å². The predicted octanol–water partition coefficient (Wildman–Crippen LogP) is 3.22. The highest BCUT2D eigenvalue weighted by Gasteiger charge is 2.33. The van der Waals surface area contributed by atoms with Crippen molar-refractivity contribution >= 4 is 11.6 Å². The highest BCUT2D eigenvalue weighted by atomic mass is 35.5. The van der Waals surface area contributed by atoms with Gasteiger partial charge in [0.25, 0.3) is 0 Å². The minimum atomic E-state index is 0.260. The quantitative estimate of drug-likeness (QED) is 0.834. The number of nitrogens with zero attached hydrogens (tertiary/aromatic N) is 1. The van der Waals surface area contributed by atoms with Crippen molar-refractivity contribution < 1.29 is 4.74 Å². The molecule has 0 spiro atoms. The molecule has 0 amide bonds. The molecular weight excluding hydrogens is 260 g/mol. The van der Waals surface area contributed by atoms with E-state index in [9.17, 15) is 0 Å². The summed E-state index contributed by atoms with van der Waals surface area (Å²) in [5.74, 6) is 0.717. The number of methoxy groups -OCH3 is 1. The Bertz CT molecular complexity index is 421. The summed E-state index contributed by atoms with van der Waals surface area (Å²) in [4.78, 5) is 2.53. The van der Waals surface area contributed by atoms with E-state index in [0.717, 1.165) is 18.7 Å². The van der Waals surface area contributed by atoms with Crippen LogP contribution >= 0.6 is 11.6 Å². The van der Waals surface area contributed by atoms with Gasteiger partial charge < -0.3 is 10.5 Å². The number of hydrogen-bond acceptors (Lipinski definition) is 3. The van der Waals surface area contributed by atoms with Crippen molar-refractivity contribution in [1.82, 2.24) is 4.90 Å². The monoisotopic (exact) mass is 282 g/mol. The number of rotatable bonds is 7. The number of nitrogens with two attached hydrogens (primary N) is 1. The molecule has 4 heteroatoms. The molecule has 106 valence electrons. The summed E-state index contributed by atoms with van der Waals surface area (Å²) in [7, 11) is 1.63. The zero-order chi connectivity index (χ0) is 13.8. The van der Waals surface area contributed by atoms with Crippen molar-refractivity contribution in [3.63, 3.8) is 0 Å². The van der Waals surface area contributed by atoms with E-state index in [1.807, 2.05) is 12.1 Å². The molecule has 2 N–H and O–H groups in total. The molecule has 0 aliphatic heterocycles. The molecule has 19 heavy (non-hydrogen) atoms. The summed E-state index contributed by atoms with van der Waals surface area (Å²) in [5.41, 5.74) is 7.19. The Morgan fingerprint density at radius 3 is 2.68 bits per heavy atom. The lowest BCUT2D eigenvalue weighted by molar-refractivity contribution is 0.191. The Morgan fingerprint density at radius 2 is 2.21 bits per heavy atom. The van der Waals surface area contributed by atoms with Crippen LogP contribution in [0, 0.1) is 0 Å². The molecule has 1 atom stereocenters. The van der Waals surface area contributed by atoms with Crippen molar-refractivity contribution in [2.75, 3.05) is 20.2 Å². The normalized spacial score (nSPS) is 16.7. The van der Waals surface area contributed by atoms with Gasteiger partial charge in [-0.3, -0.25) is 4.90 Å². The third kappa shape index (κ3) is 3.41. The SMILES string of the molecule is CCCN(C1CC1)C(CN)c1ccc(OC)c(Cl)c1. The van der Waals surface area contributed by atoms with E-state index in [1.165, 1.54) is 18.4 Å². The molecular formula is C15H23ClN2O. The summed E-state index contributed by atoms with van der Waals surface area (Å²) < 4.78 is 5.20. The number of benzene rings is 1. The molecule has 1 aliphatic rings. The van der Waals surface area contributed by atoms with Gasteiger partial charge in [-0.15, -0.1) is 0 Å². The van der Waals surface area contributed by atoms with Crippen LogP contribution in [-0.4, -0.2) is 31.1 Å². The zero-order valence-corrected chi connectivity index (χ0v) is 12.5. The lowest BCUT2D eigenvalue weighted by Gasteiger charge is -2.31. The van der Waals surface area contributed by atoms with Gasteiger partial charge in [0.2, 0.25) is 0 Å². The average molecular weight is 283 g/mol. The minimum absolute atomic E-state index is 0.260. The number of ether oxygens (including phenoxy) is 1. The van der Waals surface area contributed by atoms with Crippen molar-refractivity contribution in [3.05, 3.63) is 28.8 Å². The molecule has 1 saturated carbocycles. The first-order valence-electron chi connectivity index (χ1n) is 7.00. The fourth-order valence-corrected chi connectivity index (χ4v) is 2.88. The summed E-state index contributed by atoms with van der Waals surface area (Å²) >= 11 is 6.22. The second-order valence-corrected chi connectivity index (χ2v) is 5.52. The Balaban J connectivity index is 2.22. The molecule has 2 rings (SSSR count). The first-order chi connectivity index (χ1) is 9.21. The van der Waals surface area contributed by atoms with Crippen molar-refractivity contribution in [3.8, 4) is 5.75 Å². The van der Waals surface area contributed by atoms with Crippen LogP contribution in [0.1, 0.15) is 37.8 Å². The van der Waals surface area contributed by atoms with Gasteiger partial charge in [0.05, 0.1) is 12.1 Å². The molecule has 1 aromatic rings. The molecule has 1 aliphatic carbocycles. The predicted molar refractivity (Wildman–Crippen MR) is 79.8 cm³/mol. The first kappa shape index (κ1) is 14.6. The van der Waals surface area contributed by atoms with Gasteiger partial charge in [-0.1, -0.05) is 24.6 Å². The maximum absolute atomic E-state index is 6.22.